The molecule has 0 fully saturated rings. The zero-order valence-corrected chi connectivity index (χ0v) is 14.4. The number of carbonyl (C=O) groups excluding carboxylic acids is 1. The topological polar surface area (TPSA) is 74.8 Å². The molecule has 0 aliphatic carbocycles. The van der Waals surface area contributed by atoms with E-state index in [1.165, 1.54) is 18.2 Å². The first-order valence-electron chi connectivity index (χ1n) is 7.63. The van der Waals surface area contributed by atoms with Crippen LogP contribution in [0.2, 0.25) is 0 Å². The highest BCUT2D eigenvalue weighted by atomic mass is 32.2. The van der Waals surface area contributed by atoms with Crippen molar-refractivity contribution >= 4 is 22.7 Å². The molecule has 0 aliphatic heterocycles. The van der Waals surface area contributed by atoms with E-state index in [1.807, 2.05) is 0 Å². The summed E-state index contributed by atoms with van der Waals surface area (Å²) < 4.78 is 38.2. The van der Waals surface area contributed by atoms with E-state index >= 15 is 0 Å². The van der Waals surface area contributed by atoms with Crippen LogP contribution in [0.1, 0.15) is 5.56 Å². The molecule has 0 aliphatic rings. The van der Waals surface area contributed by atoms with Gasteiger partial charge in [0, 0.05) is 22.2 Å². The highest BCUT2D eigenvalue weighted by molar-refractivity contribution is 8.13. The van der Waals surface area contributed by atoms with Gasteiger partial charge < -0.3 is 5.32 Å². The number of alkyl halides is 3. The summed E-state index contributed by atoms with van der Waals surface area (Å²) >= 11 is 0.669. The number of nitrogens with one attached hydrogen (secondary N) is 2. The smallest absolute Gasteiger partial charge is 0.317 e. The number of hydrogen-bond acceptors (Lipinski definition) is 4. The van der Waals surface area contributed by atoms with Crippen LogP contribution in [0.25, 0.3) is 11.3 Å². The number of benzene rings is 2. The van der Waals surface area contributed by atoms with Crippen molar-refractivity contribution in [2.24, 2.45) is 0 Å². The second kappa shape index (κ2) is 7.67. The maximum absolute atomic E-state index is 12.7. The molecular formula is C18H12F3N3O2S. The number of rotatable bonds is 3. The molecule has 0 atom stereocenters. The van der Waals surface area contributed by atoms with E-state index < -0.39 is 17.0 Å². The molecule has 0 radical (unpaired) electrons. The van der Waals surface area contributed by atoms with E-state index in [9.17, 15) is 22.8 Å². The van der Waals surface area contributed by atoms with E-state index in [-0.39, 0.29) is 10.5 Å². The number of halogens is 3. The van der Waals surface area contributed by atoms with Gasteiger partial charge >= 0.3 is 6.18 Å². The van der Waals surface area contributed by atoms with Crippen LogP contribution in [-0.4, -0.2) is 15.4 Å². The first-order chi connectivity index (χ1) is 12.8. The Kier molecular flexibility index (Phi) is 5.31. The zero-order valence-electron chi connectivity index (χ0n) is 13.6. The van der Waals surface area contributed by atoms with Gasteiger partial charge in [0.1, 0.15) is 0 Å². The quantitative estimate of drug-likeness (QED) is 0.630. The molecule has 3 rings (SSSR count). The van der Waals surface area contributed by atoms with Crippen LogP contribution in [0.15, 0.2) is 70.4 Å². The van der Waals surface area contributed by atoms with E-state index in [2.05, 4.69) is 15.5 Å². The molecule has 9 heteroatoms. The van der Waals surface area contributed by atoms with Crippen LogP contribution in [-0.2, 0) is 6.18 Å². The molecule has 2 aromatic carbocycles. The summed E-state index contributed by atoms with van der Waals surface area (Å²) in [5.41, 5.74) is 0.653. The Morgan fingerprint density at radius 2 is 1.78 bits per heavy atom. The first kappa shape index (κ1) is 18.7. The van der Waals surface area contributed by atoms with Crippen molar-refractivity contribution in [2.45, 2.75) is 11.1 Å². The maximum Gasteiger partial charge on any atom is 0.416 e. The van der Waals surface area contributed by atoms with E-state index in [0.29, 0.717) is 23.1 Å². The first-order valence-corrected chi connectivity index (χ1v) is 8.45. The number of aromatic nitrogens is 2. The number of nitrogens with zero attached hydrogens (tertiary/aromatic N) is 1. The number of aromatic amines is 1. The minimum absolute atomic E-state index is 0.191. The van der Waals surface area contributed by atoms with Crippen molar-refractivity contribution in [2.75, 3.05) is 5.32 Å². The predicted molar refractivity (Wildman–Crippen MR) is 96.6 cm³/mol. The third kappa shape index (κ3) is 4.98. The van der Waals surface area contributed by atoms with Gasteiger partial charge in [0.25, 0.3) is 10.8 Å². The highest BCUT2D eigenvalue weighted by Crippen LogP contribution is 2.32. The predicted octanol–water partition coefficient (Wildman–Crippen LogP) is 4.78. The van der Waals surface area contributed by atoms with E-state index in [4.69, 9.17) is 0 Å². The number of thioether (sulfide) groups is 1. The van der Waals surface area contributed by atoms with Gasteiger partial charge in [0.15, 0.2) is 0 Å². The number of carbonyl (C=O) groups is 1. The van der Waals surface area contributed by atoms with Gasteiger partial charge in [-0.1, -0.05) is 18.2 Å². The molecule has 0 bridgehead atoms. The van der Waals surface area contributed by atoms with Crippen molar-refractivity contribution in [3.63, 3.8) is 0 Å². The fourth-order valence-electron chi connectivity index (χ4n) is 2.22. The Bertz CT molecular complexity index is 997. The standard InChI is InChI=1S/C18H12F3N3O2S/c19-18(20,21)12-2-1-3-14(10-12)27-17(26)22-13-6-4-11(5-7-13)15-8-9-16(25)24-23-15/h1-10H,(H,22,26)(H,24,25). The molecule has 138 valence electrons. The highest BCUT2D eigenvalue weighted by Gasteiger charge is 2.30. The molecule has 0 saturated heterocycles. The average molecular weight is 391 g/mol. The van der Waals surface area contributed by atoms with Gasteiger partial charge in [-0.05, 0) is 48.2 Å². The van der Waals surface area contributed by atoms with Gasteiger partial charge in [0.2, 0.25) is 0 Å². The summed E-state index contributed by atoms with van der Waals surface area (Å²) in [7, 11) is 0. The largest absolute Gasteiger partial charge is 0.416 e. The monoisotopic (exact) mass is 391 g/mol. The molecule has 1 heterocycles. The van der Waals surface area contributed by atoms with Crippen LogP contribution in [0.4, 0.5) is 23.7 Å². The molecule has 5 nitrogen and oxygen atoms in total. The molecule has 27 heavy (non-hydrogen) atoms. The van der Waals surface area contributed by atoms with E-state index in [0.717, 1.165) is 17.7 Å². The molecule has 1 amide bonds. The minimum atomic E-state index is -4.46. The van der Waals surface area contributed by atoms with Crippen LogP contribution < -0.4 is 10.9 Å². The molecule has 0 saturated carbocycles. The molecule has 3 aromatic rings. The summed E-state index contributed by atoms with van der Waals surface area (Å²) in [5, 5.41) is 8.32. The second-order valence-corrected chi connectivity index (χ2v) is 6.47. The fourth-order valence-corrected chi connectivity index (χ4v) is 2.93. The average Bonchev–Trinajstić information content (AvgIpc) is 2.62. The molecule has 0 unspecified atom stereocenters. The van der Waals surface area contributed by atoms with Gasteiger partial charge in [-0.15, -0.1) is 0 Å². The number of anilines is 1. The number of amides is 1. The summed E-state index contributed by atoms with van der Waals surface area (Å²) in [6.45, 7) is 0. The Labute approximate surface area is 155 Å². The summed E-state index contributed by atoms with van der Waals surface area (Å²) in [4.78, 5) is 23.3. The van der Waals surface area contributed by atoms with Crippen LogP contribution in [0, 0.1) is 0 Å². The number of hydrogen-bond donors (Lipinski definition) is 2. The zero-order chi connectivity index (χ0) is 19.4. The Morgan fingerprint density at radius 3 is 2.41 bits per heavy atom. The Balaban J connectivity index is 1.66. The second-order valence-electron chi connectivity index (χ2n) is 5.42. The van der Waals surface area contributed by atoms with Crippen molar-refractivity contribution < 1.29 is 18.0 Å². The van der Waals surface area contributed by atoms with Crippen LogP contribution >= 0.6 is 11.8 Å². The molecule has 2 N–H and O–H groups in total. The molecule has 1 aromatic heterocycles. The van der Waals surface area contributed by atoms with Gasteiger partial charge in [-0.2, -0.15) is 18.3 Å². The Hall–Kier alpha value is -3.07. The summed E-state index contributed by atoms with van der Waals surface area (Å²) in [6, 6.07) is 14.1. The van der Waals surface area contributed by atoms with Crippen molar-refractivity contribution in [3.8, 4) is 11.3 Å². The summed E-state index contributed by atoms with van der Waals surface area (Å²) in [6.07, 6.45) is -4.46. The normalized spacial score (nSPS) is 11.2. The fraction of sp³-hybridized carbons (Fsp3) is 0.0556. The van der Waals surface area contributed by atoms with Crippen LogP contribution in [0.5, 0.6) is 0 Å². The van der Waals surface area contributed by atoms with Gasteiger partial charge in [-0.3, -0.25) is 9.59 Å². The lowest BCUT2D eigenvalue weighted by atomic mass is 10.1. The third-order valence-corrected chi connectivity index (χ3v) is 4.26. The third-order valence-electron chi connectivity index (χ3n) is 3.48. The Morgan fingerprint density at radius 1 is 1.04 bits per heavy atom. The molecule has 0 spiro atoms. The summed E-state index contributed by atoms with van der Waals surface area (Å²) in [5.74, 6) is 0. The van der Waals surface area contributed by atoms with Gasteiger partial charge in [0.05, 0.1) is 11.3 Å². The number of H-pyrrole nitrogens is 1. The lowest BCUT2D eigenvalue weighted by Gasteiger charge is -2.09. The SMILES string of the molecule is O=C(Nc1ccc(-c2ccc(=O)[nH]n2)cc1)Sc1cccc(C(F)(F)F)c1. The molecular weight excluding hydrogens is 379 g/mol. The lowest BCUT2D eigenvalue weighted by molar-refractivity contribution is -0.137. The van der Waals surface area contributed by atoms with Crippen molar-refractivity contribution in [1.82, 2.24) is 10.2 Å². The maximum atomic E-state index is 12.7. The van der Waals surface area contributed by atoms with Crippen molar-refractivity contribution in [1.29, 1.82) is 0 Å². The minimum Gasteiger partial charge on any atom is -0.317 e. The van der Waals surface area contributed by atoms with E-state index in [1.54, 1.807) is 30.3 Å². The van der Waals surface area contributed by atoms with Crippen LogP contribution in [0.3, 0.4) is 0 Å². The van der Waals surface area contributed by atoms with Crippen molar-refractivity contribution in [3.05, 3.63) is 76.6 Å². The lowest BCUT2D eigenvalue weighted by Crippen LogP contribution is -2.07. The van der Waals surface area contributed by atoms with Gasteiger partial charge in [-0.25, -0.2) is 5.10 Å².